The van der Waals surface area contributed by atoms with E-state index in [0.717, 1.165) is 0 Å². The summed E-state index contributed by atoms with van der Waals surface area (Å²) in [6, 6.07) is 7.61. The normalized spacial score (nSPS) is 13.2. The first-order chi connectivity index (χ1) is 7.82. The second-order valence-electron chi connectivity index (χ2n) is 3.29. The van der Waals surface area contributed by atoms with E-state index in [1.54, 1.807) is 18.2 Å². The Hall–Kier alpha value is -1.76. The molecule has 0 fully saturated rings. The van der Waals surface area contributed by atoms with Gasteiger partial charge in [0.2, 0.25) is 6.23 Å². The minimum absolute atomic E-state index is 0.185. The maximum absolute atomic E-state index is 12.2. The molecule has 0 aromatic heterocycles. The molecule has 1 aromatic carbocycles. The molecule has 0 saturated carbocycles. The van der Waals surface area contributed by atoms with Crippen molar-refractivity contribution in [3.8, 4) is 0 Å². The van der Waals surface area contributed by atoms with Crippen LogP contribution in [0.4, 0.5) is 18.0 Å². The van der Waals surface area contributed by atoms with Crippen molar-refractivity contribution >= 4 is 6.09 Å². The number of rotatable bonds is 3. The maximum Gasteiger partial charge on any atom is 0.433 e. The van der Waals surface area contributed by atoms with Crippen molar-refractivity contribution in [2.24, 2.45) is 0 Å². The summed E-state index contributed by atoms with van der Waals surface area (Å²) in [6.45, 7) is -0.593. The quantitative estimate of drug-likeness (QED) is 0.801. The highest BCUT2D eigenvalue weighted by molar-refractivity contribution is 5.62. The smallest absolute Gasteiger partial charge is 0.433 e. The molecule has 17 heavy (non-hydrogen) atoms. The number of amides is 1. The second kappa shape index (κ2) is 5.05. The summed E-state index contributed by atoms with van der Waals surface area (Å²) in [7, 11) is 0. The van der Waals surface area contributed by atoms with Crippen LogP contribution in [0.5, 0.6) is 0 Å². The molecule has 94 valence electrons. The molecule has 7 heteroatoms. The van der Waals surface area contributed by atoms with Crippen molar-refractivity contribution < 1.29 is 28.2 Å². The van der Waals surface area contributed by atoms with Crippen molar-refractivity contribution in [3.05, 3.63) is 35.9 Å². The summed E-state index contributed by atoms with van der Waals surface area (Å²) in [5.74, 6) is 0. The number of aliphatic hydroxyl groups excluding tert-OH is 1. The van der Waals surface area contributed by atoms with Gasteiger partial charge in [-0.25, -0.2) is 0 Å². The fourth-order valence-electron chi connectivity index (χ4n) is 1.21. The van der Waals surface area contributed by atoms with Gasteiger partial charge in [-0.15, -0.1) is 0 Å². The number of hydrogen-bond donors (Lipinski definition) is 1. The van der Waals surface area contributed by atoms with Gasteiger partial charge in [-0.2, -0.15) is 13.2 Å². The lowest BCUT2D eigenvalue weighted by Gasteiger charge is -2.31. The largest absolute Gasteiger partial charge is 0.530 e. The van der Waals surface area contributed by atoms with Crippen LogP contribution < -0.4 is 5.11 Å². The lowest BCUT2D eigenvalue weighted by molar-refractivity contribution is -0.302. The third-order valence-corrected chi connectivity index (χ3v) is 2.02. The van der Waals surface area contributed by atoms with Gasteiger partial charge in [0.05, 0.1) is 0 Å². The van der Waals surface area contributed by atoms with Crippen molar-refractivity contribution in [3.63, 3.8) is 0 Å². The van der Waals surface area contributed by atoms with Crippen LogP contribution in [0.1, 0.15) is 5.56 Å². The van der Waals surface area contributed by atoms with Crippen LogP contribution in [0.15, 0.2) is 30.3 Å². The van der Waals surface area contributed by atoms with Gasteiger partial charge in [-0.3, -0.25) is 0 Å². The van der Waals surface area contributed by atoms with Gasteiger partial charge in [-0.05, 0) is 5.56 Å². The first kappa shape index (κ1) is 13.3. The zero-order chi connectivity index (χ0) is 13.1. The lowest BCUT2D eigenvalue weighted by Crippen LogP contribution is -2.52. The van der Waals surface area contributed by atoms with Crippen LogP contribution in [0, 0.1) is 0 Å². The Morgan fingerprint density at radius 3 is 2.29 bits per heavy atom. The monoisotopic (exact) mass is 248 g/mol. The van der Waals surface area contributed by atoms with E-state index in [1.165, 1.54) is 12.1 Å². The minimum atomic E-state index is -5.05. The summed E-state index contributed by atoms with van der Waals surface area (Å²) in [6.07, 6.45) is -10.2. The highest BCUT2D eigenvalue weighted by atomic mass is 19.4. The molecule has 1 N–H and O–H groups in total. The van der Waals surface area contributed by atoms with E-state index in [9.17, 15) is 23.1 Å². The molecule has 0 bridgehead atoms. The number of hydrogen-bond acceptors (Lipinski definition) is 3. The number of nitrogens with zero attached hydrogens (tertiary/aromatic N) is 1. The zero-order valence-corrected chi connectivity index (χ0v) is 8.52. The molecular weight excluding hydrogens is 239 g/mol. The Labute approximate surface area is 94.9 Å². The summed E-state index contributed by atoms with van der Waals surface area (Å²) in [5.41, 5.74) is 0.319. The standard InChI is InChI=1S/C10H10F3NO3/c11-10(12,13)8(15)14(9(16)17)6-7-4-2-1-3-5-7/h1-5,8,15H,6H2,(H,16,17)/p-1. The first-order valence-corrected chi connectivity index (χ1v) is 4.58. The zero-order valence-electron chi connectivity index (χ0n) is 8.52. The molecule has 0 radical (unpaired) electrons. The summed E-state index contributed by atoms with van der Waals surface area (Å²) >= 11 is 0. The molecule has 1 unspecified atom stereocenters. The number of carbonyl (C=O) groups is 1. The molecule has 0 spiro atoms. The average Bonchev–Trinajstić information content (AvgIpc) is 2.24. The Morgan fingerprint density at radius 2 is 1.88 bits per heavy atom. The van der Waals surface area contributed by atoms with Gasteiger partial charge in [0.1, 0.15) is 6.09 Å². The van der Waals surface area contributed by atoms with E-state index < -0.39 is 25.0 Å². The molecule has 0 aliphatic rings. The fraction of sp³-hybridized carbons (Fsp3) is 0.300. The SMILES string of the molecule is O=C([O-])N(Cc1ccccc1)C(O)C(F)(F)F. The number of alkyl halides is 3. The molecular formula is C10H9F3NO3-. The van der Waals surface area contributed by atoms with Crippen LogP contribution >= 0.6 is 0 Å². The van der Waals surface area contributed by atoms with Crippen molar-refractivity contribution in [1.82, 2.24) is 4.90 Å². The number of carbonyl (C=O) groups excluding carboxylic acids is 1. The Morgan fingerprint density at radius 1 is 1.35 bits per heavy atom. The Bertz CT molecular complexity index is 380. The predicted octanol–water partition coefficient (Wildman–Crippen LogP) is 0.713. The molecule has 4 nitrogen and oxygen atoms in total. The molecule has 1 rings (SSSR count). The van der Waals surface area contributed by atoms with Crippen molar-refractivity contribution in [2.75, 3.05) is 0 Å². The number of carboxylic acid groups (broad SMARTS) is 1. The lowest BCUT2D eigenvalue weighted by atomic mass is 10.2. The Balaban J connectivity index is 2.85. The van der Waals surface area contributed by atoms with Gasteiger partial charge >= 0.3 is 6.18 Å². The van der Waals surface area contributed by atoms with E-state index >= 15 is 0 Å². The number of benzene rings is 1. The van der Waals surface area contributed by atoms with Crippen molar-refractivity contribution in [1.29, 1.82) is 0 Å². The van der Waals surface area contributed by atoms with E-state index in [-0.39, 0.29) is 4.90 Å². The highest BCUT2D eigenvalue weighted by Crippen LogP contribution is 2.23. The number of halogens is 3. The van der Waals surface area contributed by atoms with Gasteiger partial charge in [0.25, 0.3) is 0 Å². The molecule has 1 aromatic rings. The second-order valence-corrected chi connectivity index (χ2v) is 3.29. The van der Waals surface area contributed by atoms with Crippen LogP contribution in [-0.4, -0.2) is 28.5 Å². The summed E-state index contributed by atoms with van der Waals surface area (Å²) < 4.78 is 36.5. The van der Waals surface area contributed by atoms with Gasteiger partial charge < -0.3 is 19.9 Å². The minimum Gasteiger partial charge on any atom is -0.530 e. The number of aliphatic hydroxyl groups is 1. The molecule has 1 atom stereocenters. The van der Waals surface area contributed by atoms with Crippen LogP contribution in [0.3, 0.4) is 0 Å². The van der Waals surface area contributed by atoms with E-state index in [0.29, 0.717) is 5.56 Å². The third kappa shape index (κ3) is 3.63. The van der Waals surface area contributed by atoms with E-state index in [4.69, 9.17) is 5.11 Å². The highest BCUT2D eigenvalue weighted by Gasteiger charge is 2.42. The molecule has 0 heterocycles. The van der Waals surface area contributed by atoms with Crippen molar-refractivity contribution in [2.45, 2.75) is 18.9 Å². The maximum atomic E-state index is 12.2. The first-order valence-electron chi connectivity index (χ1n) is 4.58. The molecule has 0 saturated heterocycles. The Kier molecular flexibility index (Phi) is 3.95. The topological polar surface area (TPSA) is 63.6 Å². The molecule has 0 aliphatic carbocycles. The fourth-order valence-corrected chi connectivity index (χ4v) is 1.21. The van der Waals surface area contributed by atoms with Gasteiger partial charge in [0.15, 0.2) is 0 Å². The van der Waals surface area contributed by atoms with E-state index in [2.05, 4.69) is 0 Å². The van der Waals surface area contributed by atoms with Crippen LogP contribution in [0.2, 0.25) is 0 Å². The van der Waals surface area contributed by atoms with Crippen LogP contribution in [-0.2, 0) is 6.54 Å². The van der Waals surface area contributed by atoms with Gasteiger partial charge in [-0.1, -0.05) is 30.3 Å². The van der Waals surface area contributed by atoms with E-state index in [1.807, 2.05) is 0 Å². The van der Waals surface area contributed by atoms with Crippen LogP contribution in [0.25, 0.3) is 0 Å². The van der Waals surface area contributed by atoms with Gasteiger partial charge in [0, 0.05) is 6.54 Å². The predicted molar refractivity (Wildman–Crippen MR) is 49.4 cm³/mol. The average molecular weight is 248 g/mol. The summed E-state index contributed by atoms with van der Waals surface area (Å²) in [4.78, 5) is 10.4. The summed E-state index contributed by atoms with van der Waals surface area (Å²) in [5, 5.41) is 19.4. The molecule has 1 amide bonds. The molecule has 0 aliphatic heterocycles. The third-order valence-electron chi connectivity index (χ3n) is 2.02.